The van der Waals surface area contributed by atoms with Crippen LogP contribution in [0.25, 0.3) is 0 Å². The number of hydrogen-bond acceptors (Lipinski definition) is 3. The Bertz CT molecular complexity index is 515. The molecule has 0 saturated carbocycles. The quantitative estimate of drug-likeness (QED) is 0.918. The Morgan fingerprint density at radius 2 is 2.05 bits per heavy atom. The Balaban J connectivity index is 0.00000180. The van der Waals surface area contributed by atoms with Gasteiger partial charge in [0.15, 0.2) is 0 Å². The molecular formula is C13H22ClN5. The zero-order valence-corrected chi connectivity index (χ0v) is 12.7. The van der Waals surface area contributed by atoms with Crippen LogP contribution >= 0.6 is 12.4 Å². The predicted octanol–water partition coefficient (Wildman–Crippen LogP) is 2.61. The number of aryl methyl sites for hydroxylation is 2. The molecule has 0 aliphatic carbocycles. The molecule has 6 heteroatoms. The van der Waals surface area contributed by atoms with E-state index in [9.17, 15) is 0 Å². The van der Waals surface area contributed by atoms with Gasteiger partial charge in [-0.15, -0.1) is 12.4 Å². The second-order valence-corrected chi connectivity index (χ2v) is 5.08. The molecule has 19 heavy (non-hydrogen) atoms. The van der Waals surface area contributed by atoms with Crippen LogP contribution in [0, 0.1) is 12.8 Å². The van der Waals surface area contributed by atoms with Crippen LogP contribution in [0.2, 0.25) is 0 Å². The summed E-state index contributed by atoms with van der Waals surface area (Å²) >= 11 is 0. The molecule has 5 nitrogen and oxygen atoms in total. The smallest absolute Gasteiger partial charge is 0.0825 e. The molecule has 2 aromatic heterocycles. The predicted molar refractivity (Wildman–Crippen MR) is 79.6 cm³/mol. The fourth-order valence-corrected chi connectivity index (χ4v) is 1.90. The number of aromatic nitrogens is 4. The average Bonchev–Trinajstić information content (AvgIpc) is 2.82. The minimum absolute atomic E-state index is 0. The van der Waals surface area contributed by atoms with E-state index >= 15 is 0 Å². The first-order chi connectivity index (χ1) is 8.54. The molecule has 0 bridgehead atoms. The monoisotopic (exact) mass is 283 g/mol. The summed E-state index contributed by atoms with van der Waals surface area (Å²) in [6, 6.07) is 2.01. The Morgan fingerprint density at radius 1 is 1.32 bits per heavy atom. The van der Waals surface area contributed by atoms with Crippen molar-refractivity contribution >= 4 is 18.1 Å². The van der Waals surface area contributed by atoms with E-state index in [1.165, 1.54) is 0 Å². The number of anilines is 1. The zero-order valence-electron chi connectivity index (χ0n) is 11.9. The van der Waals surface area contributed by atoms with Gasteiger partial charge in [-0.3, -0.25) is 9.36 Å². The SMILES string of the molecule is Cc1nn(CC(C)C)cc1NCc1ccn(C)n1.Cl. The van der Waals surface area contributed by atoms with Gasteiger partial charge in [-0.05, 0) is 18.9 Å². The van der Waals surface area contributed by atoms with E-state index in [1.807, 2.05) is 35.6 Å². The van der Waals surface area contributed by atoms with Crippen molar-refractivity contribution in [1.29, 1.82) is 0 Å². The van der Waals surface area contributed by atoms with Crippen LogP contribution in [0.3, 0.4) is 0 Å². The molecule has 0 unspecified atom stereocenters. The van der Waals surface area contributed by atoms with Gasteiger partial charge >= 0.3 is 0 Å². The Hall–Kier alpha value is -1.49. The maximum absolute atomic E-state index is 4.50. The summed E-state index contributed by atoms with van der Waals surface area (Å²) < 4.78 is 3.81. The number of nitrogens with one attached hydrogen (secondary N) is 1. The van der Waals surface area contributed by atoms with Crippen molar-refractivity contribution in [3.8, 4) is 0 Å². The minimum Gasteiger partial charge on any atom is -0.377 e. The van der Waals surface area contributed by atoms with Crippen molar-refractivity contribution in [2.24, 2.45) is 13.0 Å². The fourth-order valence-electron chi connectivity index (χ4n) is 1.90. The standard InChI is InChI=1S/C13H21N5.ClH/c1-10(2)8-18-9-13(11(3)15-18)14-7-12-5-6-17(4)16-12;/h5-6,9-10,14H,7-8H2,1-4H3;1H. The number of rotatable bonds is 5. The number of halogens is 1. The normalized spacial score (nSPS) is 10.6. The Morgan fingerprint density at radius 3 is 2.63 bits per heavy atom. The molecule has 1 N–H and O–H groups in total. The molecule has 2 heterocycles. The molecule has 0 fully saturated rings. The van der Waals surface area contributed by atoms with Crippen LogP contribution in [-0.2, 0) is 20.1 Å². The van der Waals surface area contributed by atoms with Crippen LogP contribution in [0.5, 0.6) is 0 Å². The zero-order chi connectivity index (χ0) is 13.1. The van der Waals surface area contributed by atoms with Crippen LogP contribution < -0.4 is 5.32 Å². The van der Waals surface area contributed by atoms with E-state index in [0.29, 0.717) is 5.92 Å². The molecule has 0 radical (unpaired) electrons. The Kier molecular flexibility index (Phi) is 5.42. The first-order valence-corrected chi connectivity index (χ1v) is 6.31. The summed E-state index contributed by atoms with van der Waals surface area (Å²) in [5, 5.41) is 12.2. The maximum Gasteiger partial charge on any atom is 0.0825 e. The van der Waals surface area contributed by atoms with Crippen molar-refractivity contribution in [3.05, 3.63) is 29.8 Å². The molecule has 0 aliphatic heterocycles. The lowest BCUT2D eigenvalue weighted by Crippen LogP contribution is -2.04. The van der Waals surface area contributed by atoms with Crippen LogP contribution in [0.15, 0.2) is 18.5 Å². The highest BCUT2D eigenvalue weighted by Gasteiger charge is 2.06. The van der Waals surface area contributed by atoms with Crippen molar-refractivity contribution in [3.63, 3.8) is 0 Å². The van der Waals surface area contributed by atoms with E-state index < -0.39 is 0 Å². The second kappa shape index (κ2) is 6.61. The van der Waals surface area contributed by atoms with E-state index in [-0.39, 0.29) is 12.4 Å². The lowest BCUT2D eigenvalue weighted by molar-refractivity contribution is 0.481. The molecule has 0 atom stereocenters. The van der Waals surface area contributed by atoms with Crippen molar-refractivity contribution < 1.29 is 0 Å². The third-order valence-corrected chi connectivity index (χ3v) is 2.73. The lowest BCUT2D eigenvalue weighted by atomic mass is 10.2. The van der Waals surface area contributed by atoms with Gasteiger partial charge in [0, 0.05) is 26.0 Å². The van der Waals surface area contributed by atoms with Crippen LogP contribution in [-0.4, -0.2) is 19.6 Å². The van der Waals surface area contributed by atoms with Crippen molar-refractivity contribution in [1.82, 2.24) is 19.6 Å². The van der Waals surface area contributed by atoms with Gasteiger partial charge in [0.1, 0.15) is 0 Å². The van der Waals surface area contributed by atoms with E-state index in [4.69, 9.17) is 0 Å². The van der Waals surface area contributed by atoms with Crippen molar-refractivity contribution in [2.45, 2.75) is 33.9 Å². The third-order valence-electron chi connectivity index (χ3n) is 2.73. The van der Waals surface area contributed by atoms with Crippen molar-refractivity contribution in [2.75, 3.05) is 5.32 Å². The van der Waals surface area contributed by atoms with Crippen LogP contribution in [0.4, 0.5) is 5.69 Å². The summed E-state index contributed by atoms with van der Waals surface area (Å²) in [5.41, 5.74) is 3.15. The highest BCUT2D eigenvalue weighted by Crippen LogP contribution is 2.14. The van der Waals surface area contributed by atoms with Crippen LogP contribution in [0.1, 0.15) is 25.2 Å². The molecular weight excluding hydrogens is 262 g/mol. The minimum atomic E-state index is 0. The summed E-state index contributed by atoms with van der Waals surface area (Å²) in [4.78, 5) is 0. The molecule has 2 rings (SSSR count). The summed E-state index contributed by atoms with van der Waals surface area (Å²) in [6.45, 7) is 8.09. The molecule has 0 aromatic carbocycles. The molecule has 0 spiro atoms. The molecule has 0 saturated heterocycles. The third kappa shape index (κ3) is 4.28. The largest absolute Gasteiger partial charge is 0.377 e. The highest BCUT2D eigenvalue weighted by molar-refractivity contribution is 5.85. The van der Waals surface area contributed by atoms with Gasteiger partial charge in [-0.25, -0.2) is 0 Å². The highest BCUT2D eigenvalue weighted by atomic mass is 35.5. The van der Waals surface area contributed by atoms with Gasteiger partial charge < -0.3 is 5.32 Å². The molecule has 106 valence electrons. The van der Waals surface area contributed by atoms with Gasteiger partial charge in [0.2, 0.25) is 0 Å². The van der Waals surface area contributed by atoms with E-state index in [1.54, 1.807) is 0 Å². The molecule has 0 aliphatic rings. The van der Waals surface area contributed by atoms with E-state index in [0.717, 1.165) is 30.2 Å². The fraction of sp³-hybridized carbons (Fsp3) is 0.538. The lowest BCUT2D eigenvalue weighted by Gasteiger charge is -2.03. The van der Waals surface area contributed by atoms with Gasteiger partial charge in [0.25, 0.3) is 0 Å². The summed E-state index contributed by atoms with van der Waals surface area (Å²) in [7, 11) is 1.93. The Labute approximate surface area is 120 Å². The number of hydrogen-bond donors (Lipinski definition) is 1. The second-order valence-electron chi connectivity index (χ2n) is 5.08. The van der Waals surface area contributed by atoms with E-state index in [2.05, 4.69) is 35.6 Å². The first-order valence-electron chi connectivity index (χ1n) is 6.31. The number of nitrogens with zero attached hydrogens (tertiary/aromatic N) is 4. The van der Waals surface area contributed by atoms with Gasteiger partial charge in [0.05, 0.1) is 23.6 Å². The maximum atomic E-state index is 4.50. The average molecular weight is 284 g/mol. The summed E-state index contributed by atoms with van der Waals surface area (Å²) in [5.74, 6) is 0.605. The first kappa shape index (κ1) is 15.6. The topological polar surface area (TPSA) is 47.7 Å². The summed E-state index contributed by atoms with van der Waals surface area (Å²) in [6.07, 6.45) is 4.02. The molecule has 0 amide bonds. The van der Waals surface area contributed by atoms with Gasteiger partial charge in [-0.1, -0.05) is 13.8 Å². The molecule has 2 aromatic rings. The van der Waals surface area contributed by atoms with Gasteiger partial charge in [-0.2, -0.15) is 10.2 Å².